The number of benzene rings is 4. The van der Waals surface area contributed by atoms with Crippen LogP contribution >= 0.6 is 23.2 Å². The van der Waals surface area contributed by atoms with Crippen molar-refractivity contribution >= 4 is 57.1 Å². The second-order valence-corrected chi connectivity index (χ2v) is 9.25. The second kappa shape index (κ2) is 9.81. The summed E-state index contributed by atoms with van der Waals surface area (Å²) >= 11 is 12.5. The number of nitrogens with zero attached hydrogens (tertiary/aromatic N) is 1. The number of rotatable bonds is 5. The zero-order valence-corrected chi connectivity index (χ0v) is 21.4. The molecule has 1 aliphatic rings. The molecule has 6 nitrogen and oxygen atoms in total. The molecular weight excluding hydrogens is 513 g/mol. The summed E-state index contributed by atoms with van der Waals surface area (Å²) in [6.07, 6.45) is 0. The van der Waals surface area contributed by atoms with E-state index < -0.39 is 23.5 Å². The van der Waals surface area contributed by atoms with Crippen molar-refractivity contribution in [3.05, 3.63) is 106 Å². The lowest BCUT2D eigenvalue weighted by Crippen LogP contribution is -2.29. The highest BCUT2D eigenvalue weighted by Gasteiger charge is 2.47. The number of ketones is 1. The molecule has 1 atom stereocenters. The van der Waals surface area contributed by atoms with Gasteiger partial charge in [0.05, 0.1) is 36.4 Å². The van der Waals surface area contributed by atoms with Crippen LogP contribution in [0.3, 0.4) is 0 Å². The first-order valence-corrected chi connectivity index (χ1v) is 12.1. The van der Waals surface area contributed by atoms with E-state index in [1.165, 1.54) is 31.3 Å². The normalized spacial score (nSPS) is 16.9. The Morgan fingerprint density at radius 3 is 2.30 bits per heavy atom. The van der Waals surface area contributed by atoms with Crippen LogP contribution in [0.1, 0.15) is 17.2 Å². The third kappa shape index (κ3) is 4.18. The predicted octanol–water partition coefficient (Wildman–Crippen LogP) is 6.79. The summed E-state index contributed by atoms with van der Waals surface area (Å²) in [4.78, 5) is 28.5. The summed E-state index contributed by atoms with van der Waals surface area (Å²) < 4.78 is 10.8. The van der Waals surface area contributed by atoms with Gasteiger partial charge in [-0.3, -0.25) is 14.5 Å². The Hall–Kier alpha value is -4.00. The Balaban J connectivity index is 1.84. The van der Waals surface area contributed by atoms with E-state index in [2.05, 4.69) is 0 Å². The Labute approximate surface area is 223 Å². The van der Waals surface area contributed by atoms with Gasteiger partial charge in [0.15, 0.2) is 0 Å². The molecule has 0 aliphatic carbocycles. The lowest BCUT2D eigenvalue weighted by molar-refractivity contribution is -0.132. The zero-order chi connectivity index (χ0) is 26.3. The summed E-state index contributed by atoms with van der Waals surface area (Å²) in [6, 6.07) is 22.0. The highest BCUT2D eigenvalue weighted by Crippen LogP contribution is 2.46. The predicted molar refractivity (Wildman–Crippen MR) is 145 cm³/mol. The lowest BCUT2D eigenvalue weighted by atomic mass is 9.91. The van der Waals surface area contributed by atoms with Crippen molar-refractivity contribution < 1.29 is 24.2 Å². The number of aliphatic hydroxyl groups excluding tert-OH is 1. The molecule has 0 spiro atoms. The van der Waals surface area contributed by atoms with Crippen LogP contribution in [0.5, 0.6) is 11.5 Å². The first-order valence-electron chi connectivity index (χ1n) is 11.3. The fraction of sp³-hybridized carbons (Fsp3) is 0.103. The molecule has 0 radical (unpaired) electrons. The minimum absolute atomic E-state index is 0.0935. The van der Waals surface area contributed by atoms with E-state index >= 15 is 0 Å². The number of carbonyl (C=O) groups excluding carboxylic acids is 2. The van der Waals surface area contributed by atoms with E-state index in [4.69, 9.17) is 32.7 Å². The highest BCUT2D eigenvalue weighted by atomic mass is 35.5. The number of amides is 1. The summed E-state index contributed by atoms with van der Waals surface area (Å²) in [5.41, 5.74) is 1.16. The van der Waals surface area contributed by atoms with Crippen molar-refractivity contribution in [3.8, 4) is 11.5 Å². The van der Waals surface area contributed by atoms with Crippen LogP contribution in [0.15, 0.2) is 84.4 Å². The number of halogens is 2. The smallest absolute Gasteiger partial charge is 0.300 e. The first-order chi connectivity index (χ1) is 17.8. The van der Waals surface area contributed by atoms with Gasteiger partial charge < -0.3 is 14.6 Å². The minimum Gasteiger partial charge on any atom is -0.507 e. The molecule has 1 aliphatic heterocycles. The van der Waals surface area contributed by atoms with Gasteiger partial charge in [-0.2, -0.15) is 0 Å². The maximum Gasteiger partial charge on any atom is 0.300 e. The molecule has 5 rings (SSSR count). The molecule has 1 saturated heterocycles. The second-order valence-electron chi connectivity index (χ2n) is 8.40. The molecular formula is C29H21Cl2NO5. The van der Waals surface area contributed by atoms with Gasteiger partial charge >= 0.3 is 0 Å². The van der Waals surface area contributed by atoms with Gasteiger partial charge in [0.1, 0.15) is 17.3 Å². The monoisotopic (exact) mass is 533 g/mol. The van der Waals surface area contributed by atoms with E-state index in [1.807, 2.05) is 42.5 Å². The van der Waals surface area contributed by atoms with Crippen LogP contribution in [0.25, 0.3) is 16.5 Å². The number of hydrogen-bond donors (Lipinski definition) is 1. The Bertz CT molecular complexity index is 1590. The fourth-order valence-corrected chi connectivity index (χ4v) is 5.11. The summed E-state index contributed by atoms with van der Waals surface area (Å²) in [5.74, 6) is -1.55. The van der Waals surface area contributed by atoms with Crippen LogP contribution in [0, 0.1) is 0 Å². The molecule has 0 saturated carbocycles. The minimum atomic E-state index is -0.948. The van der Waals surface area contributed by atoms with Gasteiger partial charge in [-0.1, -0.05) is 71.7 Å². The standard InChI is InChI=1S/C29H21Cl2NO5/c1-36-23-15-22(31)24(37-2)14-21(23)27(33)25-26(20-12-5-8-16-7-3-4-11-19(16)20)32(29(35)28(25)34)18-10-6-9-17(30)13-18/h3-15,26,33H,1-2H3/b27-25+. The molecule has 0 bridgehead atoms. The number of anilines is 1. The van der Waals surface area contributed by atoms with E-state index in [1.54, 1.807) is 24.3 Å². The van der Waals surface area contributed by atoms with Crippen LogP contribution in [0.2, 0.25) is 10.0 Å². The van der Waals surface area contributed by atoms with E-state index in [9.17, 15) is 14.7 Å². The molecule has 1 fully saturated rings. The van der Waals surface area contributed by atoms with Crippen molar-refractivity contribution in [2.75, 3.05) is 19.1 Å². The van der Waals surface area contributed by atoms with Crippen molar-refractivity contribution in [3.63, 3.8) is 0 Å². The van der Waals surface area contributed by atoms with E-state index in [0.717, 1.165) is 10.8 Å². The highest BCUT2D eigenvalue weighted by molar-refractivity contribution is 6.52. The number of Topliss-reactive ketones (excluding diaryl/α,β-unsaturated/α-hetero) is 1. The largest absolute Gasteiger partial charge is 0.507 e. The van der Waals surface area contributed by atoms with Crippen molar-refractivity contribution in [1.29, 1.82) is 0 Å². The van der Waals surface area contributed by atoms with Gasteiger partial charge in [-0.05, 0) is 40.6 Å². The first kappa shape index (κ1) is 24.7. The number of methoxy groups -OCH3 is 2. The third-order valence-electron chi connectivity index (χ3n) is 6.38. The number of aliphatic hydroxyl groups is 1. The summed E-state index contributed by atoms with van der Waals surface area (Å²) in [5, 5.41) is 14.0. The molecule has 4 aromatic rings. The molecule has 0 aromatic heterocycles. The fourth-order valence-electron chi connectivity index (χ4n) is 4.70. The van der Waals surface area contributed by atoms with Crippen LogP contribution in [0.4, 0.5) is 5.69 Å². The van der Waals surface area contributed by atoms with Crippen LogP contribution in [-0.2, 0) is 9.59 Å². The zero-order valence-electron chi connectivity index (χ0n) is 19.9. The van der Waals surface area contributed by atoms with Crippen molar-refractivity contribution in [2.24, 2.45) is 0 Å². The quantitative estimate of drug-likeness (QED) is 0.173. The number of hydrogen-bond acceptors (Lipinski definition) is 5. The van der Waals surface area contributed by atoms with Gasteiger partial charge in [-0.25, -0.2) is 0 Å². The Kier molecular flexibility index (Phi) is 6.54. The Morgan fingerprint density at radius 2 is 1.57 bits per heavy atom. The van der Waals surface area contributed by atoms with Gasteiger partial charge in [0.25, 0.3) is 11.7 Å². The lowest BCUT2D eigenvalue weighted by Gasteiger charge is -2.27. The maximum atomic E-state index is 13.6. The molecule has 4 aromatic carbocycles. The van der Waals surface area contributed by atoms with Crippen molar-refractivity contribution in [2.45, 2.75) is 6.04 Å². The number of fused-ring (bicyclic) bond motifs is 1. The van der Waals surface area contributed by atoms with E-state index in [0.29, 0.717) is 16.3 Å². The molecule has 8 heteroatoms. The molecule has 1 amide bonds. The summed E-state index contributed by atoms with van der Waals surface area (Å²) in [6.45, 7) is 0. The number of carbonyl (C=O) groups is 2. The molecule has 186 valence electrons. The van der Waals surface area contributed by atoms with Gasteiger partial charge in [-0.15, -0.1) is 0 Å². The van der Waals surface area contributed by atoms with Gasteiger partial charge in [0, 0.05) is 16.8 Å². The average molecular weight is 534 g/mol. The molecule has 1 unspecified atom stereocenters. The SMILES string of the molecule is COc1cc(/C(O)=C2\C(=O)C(=O)N(c3cccc(Cl)c3)C2c2cccc3ccccc23)c(OC)cc1Cl. The van der Waals surface area contributed by atoms with Crippen LogP contribution < -0.4 is 14.4 Å². The van der Waals surface area contributed by atoms with Crippen LogP contribution in [-0.4, -0.2) is 31.0 Å². The topological polar surface area (TPSA) is 76.1 Å². The Morgan fingerprint density at radius 1 is 0.865 bits per heavy atom. The molecule has 37 heavy (non-hydrogen) atoms. The van der Waals surface area contributed by atoms with Gasteiger partial charge in [0.2, 0.25) is 0 Å². The third-order valence-corrected chi connectivity index (χ3v) is 6.91. The number of ether oxygens (including phenoxy) is 2. The summed E-state index contributed by atoms with van der Waals surface area (Å²) in [7, 11) is 2.85. The molecule has 1 heterocycles. The molecule has 1 N–H and O–H groups in total. The van der Waals surface area contributed by atoms with E-state index in [-0.39, 0.29) is 27.7 Å². The van der Waals surface area contributed by atoms with Crippen molar-refractivity contribution in [1.82, 2.24) is 0 Å². The maximum absolute atomic E-state index is 13.6. The average Bonchev–Trinajstić information content (AvgIpc) is 3.17.